The smallest absolute Gasteiger partial charge is 0.475 e. The lowest BCUT2D eigenvalue weighted by Gasteiger charge is -2.31. The van der Waals surface area contributed by atoms with Gasteiger partial charge in [0.05, 0.1) is 19.8 Å². The number of hydrogen-bond donors (Lipinski definition) is 2. The van der Waals surface area contributed by atoms with Gasteiger partial charge in [-0.15, -0.1) is 11.3 Å². The van der Waals surface area contributed by atoms with E-state index >= 15 is 0 Å². The highest BCUT2D eigenvalue weighted by Crippen LogP contribution is 2.35. The van der Waals surface area contributed by atoms with Crippen LogP contribution in [0.2, 0.25) is 0 Å². The van der Waals surface area contributed by atoms with Gasteiger partial charge in [0.1, 0.15) is 11.5 Å². The van der Waals surface area contributed by atoms with Crippen LogP contribution in [0, 0.1) is 12.3 Å². The molecule has 214 valence electrons. The maximum Gasteiger partial charge on any atom is 0.490 e. The van der Waals surface area contributed by atoms with Crippen LogP contribution >= 0.6 is 11.3 Å². The van der Waals surface area contributed by atoms with Crippen LogP contribution in [-0.4, -0.2) is 83.7 Å². The minimum atomic E-state index is -5.08. The molecule has 0 aromatic carbocycles. The van der Waals surface area contributed by atoms with Crippen LogP contribution in [0.4, 0.5) is 26.3 Å². The second kappa shape index (κ2) is 13.4. The maximum atomic E-state index is 10.6. The number of halogens is 6. The Labute approximate surface area is 218 Å². The zero-order chi connectivity index (χ0) is 28.6. The highest BCUT2D eigenvalue weighted by Gasteiger charge is 2.41. The van der Waals surface area contributed by atoms with Crippen LogP contribution in [0.3, 0.4) is 0 Å². The Balaban J connectivity index is 0.000000301. The van der Waals surface area contributed by atoms with Gasteiger partial charge in [0.15, 0.2) is 0 Å². The summed E-state index contributed by atoms with van der Waals surface area (Å²) in [7, 11) is 0. The predicted molar refractivity (Wildman–Crippen MR) is 124 cm³/mol. The number of hydrogen-bond acceptors (Lipinski definition) is 7. The molecule has 2 aliphatic rings. The molecule has 0 saturated carbocycles. The fourth-order valence-corrected chi connectivity index (χ4v) is 4.79. The third-order valence-corrected chi connectivity index (χ3v) is 6.52. The standard InChI is InChI=1S/C19H26N2O2S.2C2HF3O2/c1-16-4-5-17(23-16)11-21-8-9-22-15-19(14-21)6-7-20(13-19)12-18-3-2-10-24-18;2*3-2(4,5)1(6)7/h2-5,10H,6-9,11-15H2,1H3;2*(H,6,7). The molecule has 2 aromatic heterocycles. The van der Waals surface area contributed by atoms with Crippen LogP contribution < -0.4 is 0 Å². The molecular weight excluding hydrogens is 546 g/mol. The summed E-state index contributed by atoms with van der Waals surface area (Å²) >= 11 is 1.86. The average Bonchev–Trinajstić information content (AvgIpc) is 3.51. The molecule has 2 fully saturated rings. The number of furan rings is 1. The van der Waals surface area contributed by atoms with Crippen molar-refractivity contribution in [3.8, 4) is 0 Å². The zero-order valence-electron chi connectivity index (χ0n) is 20.3. The van der Waals surface area contributed by atoms with Crippen LogP contribution in [0.25, 0.3) is 0 Å². The van der Waals surface area contributed by atoms with E-state index in [0.29, 0.717) is 0 Å². The highest BCUT2D eigenvalue weighted by molar-refractivity contribution is 7.09. The minimum absolute atomic E-state index is 0.273. The van der Waals surface area contributed by atoms with Gasteiger partial charge in [0, 0.05) is 36.5 Å². The van der Waals surface area contributed by atoms with E-state index in [0.717, 1.165) is 57.5 Å². The second-order valence-corrected chi connectivity index (χ2v) is 9.95. The second-order valence-electron chi connectivity index (χ2n) is 8.92. The normalized spacial score (nSPS) is 20.7. The molecule has 0 aliphatic carbocycles. The summed E-state index contributed by atoms with van der Waals surface area (Å²) in [5.41, 5.74) is 0.273. The summed E-state index contributed by atoms with van der Waals surface area (Å²) in [6.45, 7) is 10.1. The fourth-order valence-electron chi connectivity index (χ4n) is 4.04. The molecule has 4 rings (SSSR count). The van der Waals surface area contributed by atoms with Crippen molar-refractivity contribution in [2.24, 2.45) is 5.41 Å². The first-order valence-corrected chi connectivity index (χ1v) is 12.2. The first-order valence-electron chi connectivity index (χ1n) is 11.3. The number of alkyl halides is 6. The third-order valence-electron chi connectivity index (χ3n) is 5.66. The largest absolute Gasteiger partial charge is 0.490 e. The Hall–Kier alpha value is -2.62. The topological polar surface area (TPSA) is 103 Å². The van der Waals surface area contributed by atoms with Gasteiger partial charge in [-0.3, -0.25) is 9.80 Å². The number of carbonyl (C=O) groups is 2. The maximum absolute atomic E-state index is 10.6. The first kappa shape index (κ1) is 31.6. The van der Waals surface area contributed by atoms with E-state index in [1.54, 1.807) is 0 Å². The first-order chi connectivity index (χ1) is 17.6. The molecule has 4 heterocycles. The molecule has 2 N–H and O–H groups in total. The molecule has 0 amide bonds. The lowest BCUT2D eigenvalue weighted by Crippen LogP contribution is -2.40. The van der Waals surface area contributed by atoms with Gasteiger partial charge in [-0.05, 0) is 43.5 Å². The zero-order valence-corrected chi connectivity index (χ0v) is 21.2. The van der Waals surface area contributed by atoms with Crippen molar-refractivity contribution in [1.82, 2.24) is 9.80 Å². The number of rotatable bonds is 4. The molecule has 0 radical (unpaired) electrons. The molecule has 38 heavy (non-hydrogen) atoms. The Morgan fingerprint density at radius 3 is 2.03 bits per heavy atom. The van der Waals surface area contributed by atoms with Gasteiger partial charge in [0.2, 0.25) is 0 Å². The van der Waals surface area contributed by atoms with E-state index in [4.69, 9.17) is 29.0 Å². The minimum Gasteiger partial charge on any atom is -0.475 e. The Kier molecular flexibility index (Phi) is 11.2. The van der Waals surface area contributed by atoms with Crippen LogP contribution in [0.15, 0.2) is 34.1 Å². The third kappa shape index (κ3) is 10.6. The Bertz CT molecular complexity index is 1000. The molecular formula is C23H28F6N2O6S. The number of carboxylic acid groups (broad SMARTS) is 2. The van der Waals surface area contributed by atoms with Crippen molar-refractivity contribution in [3.05, 3.63) is 46.0 Å². The average molecular weight is 575 g/mol. The van der Waals surface area contributed by atoms with Crippen molar-refractivity contribution in [2.45, 2.75) is 38.8 Å². The van der Waals surface area contributed by atoms with E-state index in [1.165, 1.54) is 17.8 Å². The molecule has 1 spiro atoms. The van der Waals surface area contributed by atoms with Gasteiger partial charge >= 0.3 is 24.3 Å². The molecule has 0 bridgehead atoms. The summed E-state index contributed by atoms with van der Waals surface area (Å²) in [6, 6.07) is 8.54. The van der Waals surface area contributed by atoms with E-state index in [-0.39, 0.29) is 5.41 Å². The lowest BCUT2D eigenvalue weighted by atomic mass is 9.87. The molecule has 2 aliphatic heterocycles. The number of aliphatic carboxylic acids is 2. The van der Waals surface area contributed by atoms with Crippen LogP contribution in [0.1, 0.15) is 22.8 Å². The van der Waals surface area contributed by atoms with Gasteiger partial charge in [-0.1, -0.05) is 6.07 Å². The van der Waals surface area contributed by atoms with Crippen molar-refractivity contribution < 1.29 is 55.3 Å². The predicted octanol–water partition coefficient (Wildman–Crippen LogP) is 4.64. The summed E-state index contributed by atoms with van der Waals surface area (Å²) in [5, 5.41) is 16.4. The van der Waals surface area contributed by atoms with Gasteiger partial charge in [-0.25, -0.2) is 9.59 Å². The number of aryl methyl sites for hydroxylation is 1. The van der Waals surface area contributed by atoms with E-state index < -0.39 is 24.3 Å². The molecule has 2 aromatic rings. The number of ether oxygens (including phenoxy) is 1. The molecule has 1 atom stereocenters. The van der Waals surface area contributed by atoms with Crippen molar-refractivity contribution >= 4 is 23.3 Å². The monoisotopic (exact) mass is 574 g/mol. The van der Waals surface area contributed by atoms with Gasteiger partial charge in [-0.2, -0.15) is 26.3 Å². The van der Waals surface area contributed by atoms with Crippen LogP contribution in [-0.2, 0) is 27.4 Å². The molecule has 2 saturated heterocycles. The van der Waals surface area contributed by atoms with Crippen molar-refractivity contribution in [3.63, 3.8) is 0 Å². The van der Waals surface area contributed by atoms with Gasteiger partial charge in [0.25, 0.3) is 0 Å². The Morgan fingerprint density at radius 1 is 0.974 bits per heavy atom. The van der Waals surface area contributed by atoms with Crippen LogP contribution in [0.5, 0.6) is 0 Å². The van der Waals surface area contributed by atoms with E-state index in [1.807, 2.05) is 18.3 Å². The summed E-state index contributed by atoms with van der Waals surface area (Å²) in [6.07, 6.45) is -8.94. The number of nitrogens with zero attached hydrogens (tertiary/aromatic N) is 2. The highest BCUT2D eigenvalue weighted by atomic mass is 32.1. The van der Waals surface area contributed by atoms with Gasteiger partial charge < -0.3 is 19.4 Å². The summed E-state index contributed by atoms with van der Waals surface area (Å²) in [4.78, 5) is 24.4. The molecule has 8 nitrogen and oxygen atoms in total. The number of thiophene rings is 1. The van der Waals surface area contributed by atoms with Crippen molar-refractivity contribution in [1.29, 1.82) is 0 Å². The SMILES string of the molecule is Cc1ccc(CN2CCOCC3(CCN(Cc4cccs4)C3)C2)o1.O=C(O)C(F)(F)F.O=C(O)C(F)(F)F. The van der Waals surface area contributed by atoms with Crippen molar-refractivity contribution in [2.75, 3.05) is 39.4 Å². The van der Waals surface area contributed by atoms with E-state index in [2.05, 4.69) is 39.4 Å². The molecule has 1 unspecified atom stereocenters. The quantitative estimate of drug-likeness (QED) is 0.510. The molecule has 15 heteroatoms. The van der Waals surface area contributed by atoms with E-state index in [9.17, 15) is 26.3 Å². The summed E-state index contributed by atoms with van der Waals surface area (Å²) in [5.74, 6) is -3.45. The lowest BCUT2D eigenvalue weighted by molar-refractivity contribution is -0.193. The number of carboxylic acids is 2. The fraction of sp³-hybridized carbons (Fsp3) is 0.565. The number of likely N-dealkylation sites (tertiary alicyclic amines) is 1. The summed E-state index contributed by atoms with van der Waals surface area (Å²) < 4.78 is 75.2. The Morgan fingerprint density at radius 2 is 1.55 bits per heavy atom.